The molecule has 1 aromatic carbocycles. The number of benzene rings is 1. The first kappa shape index (κ1) is 13.2. The lowest BCUT2D eigenvalue weighted by atomic mass is 10.2. The van der Waals surface area contributed by atoms with E-state index in [0.29, 0.717) is 10.0 Å². The van der Waals surface area contributed by atoms with Crippen molar-refractivity contribution in [2.24, 2.45) is 5.73 Å². The lowest BCUT2D eigenvalue weighted by Gasteiger charge is -2.14. The minimum absolute atomic E-state index is 0.0390. The Kier molecular flexibility index (Phi) is 4.15. The number of hydrogen-bond acceptors (Lipinski definition) is 2. The molecule has 88 valence electrons. The molecule has 0 aliphatic heterocycles. The van der Waals surface area contributed by atoms with Gasteiger partial charge in [0.15, 0.2) is 0 Å². The minimum Gasteiger partial charge on any atom is -0.389 e. The third-order valence-corrected chi connectivity index (χ3v) is 2.60. The molecule has 0 amide bonds. The van der Waals surface area contributed by atoms with E-state index in [9.17, 15) is 13.2 Å². The van der Waals surface area contributed by atoms with Crippen molar-refractivity contribution < 1.29 is 13.2 Å². The topological polar surface area (TPSA) is 38.0 Å². The SMILES string of the molecule is NC(=S)c1c(Br)cccc1NCC(F)(F)F. The second-order valence-corrected chi connectivity index (χ2v) is 4.29. The summed E-state index contributed by atoms with van der Waals surface area (Å²) in [5, 5.41) is 2.25. The summed E-state index contributed by atoms with van der Waals surface area (Å²) < 4.78 is 36.7. The molecule has 0 spiro atoms. The molecule has 0 bridgehead atoms. The Balaban J connectivity index is 2.96. The maximum absolute atomic E-state index is 12.0. The largest absolute Gasteiger partial charge is 0.405 e. The van der Waals surface area contributed by atoms with Crippen LogP contribution in [0.15, 0.2) is 22.7 Å². The highest BCUT2D eigenvalue weighted by atomic mass is 79.9. The number of nitrogens with two attached hydrogens (primary N) is 1. The molecule has 0 saturated heterocycles. The number of thiocarbonyl (C=S) groups is 1. The fraction of sp³-hybridized carbons (Fsp3) is 0.222. The highest BCUT2D eigenvalue weighted by Gasteiger charge is 2.27. The van der Waals surface area contributed by atoms with Gasteiger partial charge in [-0.25, -0.2) is 0 Å². The second kappa shape index (κ2) is 5.01. The van der Waals surface area contributed by atoms with Crippen molar-refractivity contribution >= 4 is 38.8 Å². The van der Waals surface area contributed by atoms with Crippen LogP contribution in [0, 0.1) is 0 Å². The molecule has 0 saturated carbocycles. The zero-order chi connectivity index (χ0) is 12.3. The number of hydrogen-bond donors (Lipinski definition) is 2. The second-order valence-electron chi connectivity index (χ2n) is 3.00. The lowest BCUT2D eigenvalue weighted by molar-refractivity contribution is -0.115. The highest BCUT2D eigenvalue weighted by molar-refractivity contribution is 9.10. The number of nitrogens with one attached hydrogen (secondary N) is 1. The lowest BCUT2D eigenvalue weighted by Crippen LogP contribution is -2.23. The van der Waals surface area contributed by atoms with Gasteiger partial charge in [-0.2, -0.15) is 13.2 Å². The molecule has 16 heavy (non-hydrogen) atoms. The Morgan fingerprint density at radius 1 is 1.44 bits per heavy atom. The van der Waals surface area contributed by atoms with Gasteiger partial charge in [0, 0.05) is 15.7 Å². The van der Waals surface area contributed by atoms with Crippen LogP contribution in [0.2, 0.25) is 0 Å². The maximum atomic E-state index is 12.0. The molecule has 3 N–H and O–H groups in total. The number of anilines is 1. The van der Waals surface area contributed by atoms with Crippen molar-refractivity contribution in [2.75, 3.05) is 11.9 Å². The first-order valence-electron chi connectivity index (χ1n) is 4.20. The molecule has 1 rings (SSSR count). The van der Waals surface area contributed by atoms with Crippen LogP contribution < -0.4 is 11.1 Å². The van der Waals surface area contributed by atoms with E-state index in [0.717, 1.165) is 0 Å². The summed E-state index contributed by atoms with van der Waals surface area (Å²) in [5.74, 6) is 0. The zero-order valence-electron chi connectivity index (χ0n) is 7.94. The van der Waals surface area contributed by atoms with Gasteiger partial charge in [-0.05, 0) is 28.1 Å². The summed E-state index contributed by atoms with van der Waals surface area (Å²) in [7, 11) is 0. The molecule has 0 aliphatic carbocycles. The van der Waals surface area contributed by atoms with Gasteiger partial charge in [-0.15, -0.1) is 0 Å². The predicted molar refractivity (Wildman–Crippen MR) is 64.6 cm³/mol. The first-order valence-corrected chi connectivity index (χ1v) is 5.40. The fourth-order valence-corrected chi connectivity index (χ4v) is 2.05. The van der Waals surface area contributed by atoms with Crippen molar-refractivity contribution in [1.29, 1.82) is 0 Å². The van der Waals surface area contributed by atoms with Crippen LogP contribution in [0.25, 0.3) is 0 Å². The molecule has 7 heteroatoms. The fourth-order valence-electron chi connectivity index (χ4n) is 1.12. The van der Waals surface area contributed by atoms with Gasteiger partial charge in [0.25, 0.3) is 0 Å². The summed E-state index contributed by atoms with van der Waals surface area (Å²) in [6, 6.07) is 4.75. The van der Waals surface area contributed by atoms with E-state index < -0.39 is 12.7 Å². The van der Waals surface area contributed by atoms with E-state index in [1.54, 1.807) is 12.1 Å². The van der Waals surface area contributed by atoms with Gasteiger partial charge in [-0.1, -0.05) is 18.3 Å². The zero-order valence-corrected chi connectivity index (χ0v) is 10.3. The van der Waals surface area contributed by atoms with Crippen LogP contribution in [0.3, 0.4) is 0 Å². The van der Waals surface area contributed by atoms with Crippen molar-refractivity contribution in [2.45, 2.75) is 6.18 Å². The van der Waals surface area contributed by atoms with Crippen LogP contribution in [0.5, 0.6) is 0 Å². The first-order chi connectivity index (χ1) is 7.31. The van der Waals surface area contributed by atoms with Crippen LogP contribution in [-0.4, -0.2) is 17.7 Å². The quantitative estimate of drug-likeness (QED) is 0.842. The molecular formula is C9H8BrF3N2S. The average Bonchev–Trinajstić information content (AvgIpc) is 2.12. The third kappa shape index (κ3) is 3.64. The molecule has 0 fully saturated rings. The van der Waals surface area contributed by atoms with Gasteiger partial charge in [0.2, 0.25) is 0 Å². The number of rotatable bonds is 3. The summed E-state index contributed by atoms with van der Waals surface area (Å²) in [4.78, 5) is 0.0390. The molecule has 0 radical (unpaired) electrons. The molecule has 0 heterocycles. The van der Waals surface area contributed by atoms with Gasteiger partial charge in [0.05, 0.1) is 0 Å². The van der Waals surface area contributed by atoms with Gasteiger partial charge in [0.1, 0.15) is 11.5 Å². The summed E-state index contributed by atoms with van der Waals surface area (Å²) in [5.41, 5.74) is 6.07. The molecule has 2 nitrogen and oxygen atoms in total. The van der Waals surface area contributed by atoms with Crippen molar-refractivity contribution in [3.63, 3.8) is 0 Å². The summed E-state index contributed by atoms with van der Waals surface area (Å²) in [6.45, 7) is -1.13. The van der Waals surface area contributed by atoms with Gasteiger partial charge >= 0.3 is 6.18 Å². The van der Waals surface area contributed by atoms with E-state index in [2.05, 4.69) is 21.2 Å². The molecule has 0 unspecified atom stereocenters. The van der Waals surface area contributed by atoms with Crippen molar-refractivity contribution in [3.05, 3.63) is 28.2 Å². The summed E-state index contributed by atoms with van der Waals surface area (Å²) in [6.07, 6.45) is -4.28. The van der Waals surface area contributed by atoms with E-state index in [1.807, 2.05) is 0 Å². The monoisotopic (exact) mass is 312 g/mol. The molecule has 1 aromatic rings. The minimum atomic E-state index is -4.28. The van der Waals surface area contributed by atoms with Crippen LogP contribution in [0.1, 0.15) is 5.56 Å². The smallest absolute Gasteiger partial charge is 0.389 e. The van der Waals surface area contributed by atoms with Crippen LogP contribution in [0.4, 0.5) is 18.9 Å². The summed E-state index contributed by atoms with van der Waals surface area (Å²) >= 11 is 7.95. The Morgan fingerprint density at radius 3 is 2.56 bits per heavy atom. The van der Waals surface area contributed by atoms with Crippen LogP contribution in [-0.2, 0) is 0 Å². The number of alkyl halides is 3. The molecule has 0 aromatic heterocycles. The highest BCUT2D eigenvalue weighted by Crippen LogP contribution is 2.26. The van der Waals surface area contributed by atoms with Crippen molar-refractivity contribution in [3.8, 4) is 0 Å². The molecule has 0 atom stereocenters. The van der Waals surface area contributed by atoms with Crippen molar-refractivity contribution in [1.82, 2.24) is 0 Å². The Bertz CT molecular complexity index is 406. The predicted octanol–water partition coefficient (Wildman–Crippen LogP) is 3.06. The Morgan fingerprint density at radius 2 is 2.06 bits per heavy atom. The Hall–Kier alpha value is -0.820. The standard InChI is InChI=1S/C9H8BrF3N2S/c10-5-2-1-3-6(7(5)8(14)16)15-4-9(11,12)13/h1-3,15H,4H2,(H2,14,16). The van der Waals surface area contributed by atoms with Gasteiger partial charge < -0.3 is 11.1 Å². The van der Waals surface area contributed by atoms with E-state index in [4.69, 9.17) is 18.0 Å². The normalized spacial score (nSPS) is 11.2. The van der Waals surface area contributed by atoms with Crippen LogP contribution >= 0.6 is 28.1 Å². The third-order valence-electron chi connectivity index (χ3n) is 1.74. The molecule has 0 aliphatic rings. The van der Waals surface area contributed by atoms with E-state index in [-0.39, 0.29) is 10.7 Å². The average molecular weight is 313 g/mol. The molecular weight excluding hydrogens is 305 g/mol. The van der Waals surface area contributed by atoms with Gasteiger partial charge in [-0.3, -0.25) is 0 Å². The Labute approximate surface area is 104 Å². The van der Waals surface area contributed by atoms with E-state index in [1.165, 1.54) is 6.07 Å². The van der Waals surface area contributed by atoms with E-state index >= 15 is 0 Å². The maximum Gasteiger partial charge on any atom is 0.405 e. The number of halogens is 4.